The minimum atomic E-state index is -4.68. The molecule has 39 heavy (non-hydrogen) atoms. The van der Waals surface area contributed by atoms with E-state index in [-0.39, 0.29) is 53.3 Å². The summed E-state index contributed by atoms with van der Waals surface area (Å²) in [5.41, 5.74) is 0.451. The van der Waals surface area contributed by atoms with Gasteiger partial charge in [-0.25, -0.2) is 0 Å². The third-order valence-corrected chi connectivity index (χ3v) is 7.03. The van der Waals surface area contributed by atoms with Crippen molar-refractivity contribution in [2.75, 3.05) is 13.2 Å². The molecule has 5 rings (SSSR count). The second kappa shape index (κ2) is 10.2. The number of benzene rings is 1. The zero-order chi connectivity index (χ0) is 27.9. The Labute approximate surface area is 222 Å². The second-order valence-corrected chi connectivity index (χ2v) is 9.94. The maximum atomic E-state index is 13.9. The molecule has 1 aliphatic heterocycles. The molecule has 1 saturated carbocycles. The molecular weight excluding hydrogens is 513 g/mol. The average Bonchev–Trinajstić information content (AvgIpc) is 3.50. The SMILES string of the molecule is CCn1cc(-c2cc(CN3CCOC3=N)cc(C(=O)NC(c3ccc(=O)n(C)c3)C3CC3)c2)c(C(F)(F)F)n1. The van der Waals surface area contributed by atoms with Gasteiger partial charge in [-0.1, -0.05) is 6.07 Å². The van der Waals surface area contributed by atoms with Gasteiger partial charge in [-0.2, -0.15) is 18.3 Å². The highest BCUT2D eigenvalue weighted by atomic mass is 19.4. The van der Waals surface area contributed by atoms with Gasteiger partial charge in [-0.3, -0.25) is 19.7 Å². The number of hydrogen-bond donors (Lipinski definition) is 2. The van der Waals surface area contributed by atoms with Crippen molar-refractivity contribution in [1.29, 1.82) is 5.41 Å². The summed E-state index contributed by atoms with van der Waals surface area (Å²) < 4.78 is 49.6. The highest BCUT2D eigenvalue weighted by Crippen LogP contribution is 2.41. The van der Waals surface area contributed by atoms with Crippen molar-refractivity contribution in [3.8, 4) is 11.1 Å². The number of nitrogens with one attached hydrogen (secondary N) is 2. The van der Waals surface area contributed by atoms with E-state index in [0.717, 1.165) is 18.4 Å². The lowest BCUT2D eigenvalue weighted by molar-refractivity contribution is -0.141. The summed E-state index contributed by atoms with van der Waals surface area (Å²) in [6.07, 6.45) is 0.186. The molecular formula is C27H29F3N6O3. The van der Waals surface area contributed by atoms with Crippen molar-refractivity contribution in [3.05, 3.63) is 75.5 Å². The molecule has 1 amide bonds. The number of rotatable bonds is 8. The topological polar surface area (TPSA) is 105 Å². The molecule has 0 spiro atoms. The molecule has 3 aromatic rings. The monoisotopic (exact) mass is 542 g/mol. The number of aryl methyl sites for hydroxylation is 2. The van der Waals surface area contributed by atoms with Gasteiger partial charge in [0.1, 0.15) is 6.61 Å². The summed E-state index contributed by atoms with van der Waals surface area (Å²) >= 11 is 0. The first-order valence-electron chi connectivity index (χ1n) is 12.8. The third-order valence-electron chi connectivity index (χ3n) is 7.03. The molecule has 1 aromatic carbocycles. The molecule has 2 aliphatic rings. The number of ether oxygens (including phenoxy) is 1. The van der Waals surface area contributed by atoms with Gasteiger partial charge in [-0.15, -0.1) is 0 Å². The lowest BCUT2D eigenvalue weighted by Crippen LogP contribution is -2.31. The van der Waals surface area contributed by atoms with E-state index in [4.69, 9.17) is 10.1 Å². The third kappa shape index (κ3) is 5.69. The molecule has 1 atom stereocenters. The molecule has 206 valence electrons. The Kier molecular flexibility index (Phi) is 6.96. The van der Waals surface area contributed by atoms with Crippen LogP contribution in [0.1, 0.15) is 53.0 Å². The van der Waals surface area contributed by atoms with Gasteiger partial charge in [-0.05, 0) is 60.6 Å². The van der Waals surface area contributed by atoms with E-state index in [1.54, 1.807) is 43.3 Å². The molecule has 2 fully saturated rings. The zero-order valence-electron chi connectivity index (χ0n) is 21.6. The van der Waals surface area contributed by atoms with Crippen LogP contribution in [-0.4, -0.2) is 44.3 Å². The summed E-state index contributed by atoms with van der Waals surface area (Å²) in [6, 6.07) is 7.46. The number of carbonyl (C=O) groups is 1. The molecule has 3 heterocycles. The first-order chi connectivity index (χ1) is 18.5. The number of hydrogen-bond acceptors (Lipinski definition) is 5. The number of carbonyl (C=O) groups excluding carboxylic acids is 1. The average molecular weight is 543 g/mol. The van der Waals surface area contributed by atoms with Crippen molar-refractivity contribution < 1.29 is 22.7 Å². The summed E-state index contributed by atoms with van der Waals surface area (Å²) in [6.45, 7) is 2.95. The lowest BCUT2D eigenvalue weighted by atomic mass is 9.98. The molecule has 1 aliphatic carbocycles. The van der Waals surface area contributed by atoms with Crippen LogP contribution < -0.4 is 10.9 Å². The number of amidine groups is 1. The van der Waals surface area contributed by atoms with Gasteiger partial charge in [0.15, 0.2) is 5.69 Å². The minimum absolute atomic E-state index is 0.0234. The van der Waals surface area contributed by atoms with Gasteiger partial charge < -0.3 is 19.5 Å². The van der Waals surface area contributed by atoms with E-state index in [0.29, 0.717) is 18.7 Å². The maximum Gasteiger partial charge on any atom is 0.435 e. The first-order valence-corrected chi connectivity index (χ1v) is 12.8. The highest BCUT2D eigenvalue weighted by Gasteiger charge is 2.38. The Balaban J connectivity index is 1.54. The van der Waals surface area contributed by atoms with Gasteiger partial charge in [0.25, 0.3) is 11.9 Å². The summed E-state index contributed by atoms with van der Waals surface area (Å²) in [4.78, 5) is 27.1. The number of amides is 1. The van der Waals surface area contributed by atoms with E-state index in [9.17, 15) is 22.8 Å². The number of halogens is 3. The predicted octanol–water partition coefficient (Wildman–Crippen LogP) is 3.94. The van der Waals surface area contributed by atoms with Crippen LogP contribution in [-0.2, 0) is 31.1 Å². The van der Waals surface area contributed by atoms with Gasteiger partial charge in [0.05, 0.1) is 12.6 Å². The molecule has 0 radical (unpaired) electrons. The molecule has 12 heteroatoms. The molecule has 1 saturated heterocycles. The van der Waals surface area contributed by atoms with Crippen molar-refractivity contribution in [1.82, 2.24) is 24.6 Å². The van der Waals surface area contributed by atoms with E-state index in [1.165, 1.54) is 27.6 Å². The van der Waals surface area contributed by atoms with Gasteiger partial charge >= 0.3 is 6.18 Å². The maximum absolute atomic E-state index is 13.9. The van der Waals surface area contributed by atoms with Crippen LogP contribution in [0.4, 0.5) is 13.2 Å². The fraction of sp³-hybridized carbons (Fsp3) is 0.407. The number of nitrogens with zero attached hydrogens (tertiary/aromatic N) is 4. The Morgan fingerprint density at radius 2 is 2.00 bits per heavy atom. The quantitative estimate of drug-likeness (QED) is 0.449. The molecule has 0 bridgehead atoms. The van der Waals surface area contributed by atoms with Crippen LogP contribution in [0.5, 0.6) is 0 Å². The number of pyridine rings is 1. The molecule has 2 N–H and O–H groups in total. The smallest absolute Gasteiger partial charge is 0.435 e. The van der Waals surface area contributed by atoms with Gasteiger partial charge in [0.2, 0.25) is 5.56 Å². The lowest BCUT2D eigenvalue weighted by Gasteiger charge is -2.21. The van der Waals surface area contributed by atoms with Crippen LogP contribution in [0.15, 0.2) is 47.5 Å². The highest BCUT2D eigenvalue weighted by molar-refractivity contribution is 5.96. The van der Waals surface area contributed by atoms with E-state index in [1.807, 2.05) is 0 Å². The summed E-state index contributed by atoms with van der Waals surface area (Å²) in [5, 5.41) is 14.7. The largest absolute Gasteiger partial charge is 0.463 e. The Bertz CT molecular complexity index is 1470. The van der Waals surface area contributed by atoms with E-state index in [2.05, 4.69) is 10.4 Å². The summed E-state index contributed by atoms with van der Waals surface area (Å²) in [5.74, 6) is -0.232. The van der Waals surface area contributed by atoms with Crippen LogP contribution >= 0.6 is 0 Å². The first kappa shape index (κ1) is 26.5. The molecule has 2 aromatic heterocycles. The fourth-order valence-corrected chi connectivity index (χ4v) is 4.82. The van der Waals surface area contributed by atoms with Crippen molar-refractivity contribution in [2.24, 2.45) is 13.0 Å². The van der Waals surface area contributed by atoms with Crippen molar-refractivity contribution >= 4 is 11.9 Å². The Morgan fingerprint density at radius 1 is 1.23 bits per heavy atom. The second-order valence-electron chi connectivity index (χ2n) is 9.94. The Hall–Kier alpha value is -4.09. The van der Waals surface area contributed by atoms with Crippen LogP contribution in [0.25, 0.3) is 11.1 Å². The van der Waals surface area contributed by atoms with Crippen LogP contribution in [0.3, 0.4) is 0 Å². The normalized spacial score (nSPS) is 16.3. The standard InChI is InChI=1S/C27H29F3N6O3/c1-3-36-15-21(24(33-36)27(28,29)30)19-10-16(13-35-8-9-39-26(35)31)11-20(12-19)25(38)32-23(17-4-5-17)18-6-7-22(37)34(2)14-18/h6-7,10-12,14-15,17,23,31H,3-5,8-9,13H2,1-2H3,(H,32,38). The van der Waals surface area contributed by atoms with Crippen LogP contribution in [0, 0.1) is 11.3 Å². The number of aromatic nitrogens is 3. The molecule has 9 nitrogen and oxygen atoms in total. The van der Waals surface area contributed by atoms with Crippen molar-refractivity contribution in [2.45, 2.75) is 45.1 Å². The zero-order valence-corrected chi connectivity index (χ0v) is 21.6. The van der Waals surface area contributed by atoms with Crippen LogP contribution in [0.2, 0.25) is 0 Å². The van der Waals surface area contributed by atoms with Crippen molar-refractivity contribution in [3.63, 3.8) is 0 Å². The van der Waals surface area contributed by atoms with E-state index < -0.39 is 17.8 Å². The summed E-state index contributed by atoms with van der Waals surface area (Å²) in [7, 11) is 1.64. The number of alkyl halides is 3. The minimum Gasteiger partial charge on any atom is -0.463 e. The fourth-order valence-electron chi connectivity index (χ4n) is 4.82. The molecule has 1 unspecified atom stereocenters. The van der Waals surface area contributed by atoms with Gasteiger partial charge in [0, 0.05) is 49.7 Å². The Morgan fingerprint density at radius 3 is 2.62 bits per heavy atom. The van der Waals surface area contributed by atoms with E-state index >= 15 is 0 Å². The predicted molar refractivity (Wildman–Crippen MR) is 137 cm³/mol.